The van der Waals surface area contributed by atoms with Gasteiger partial charge in [0.25, 0.3) is 0 Å². The summed E-state index contributed by atoms with van der Waals surface area (Å²) in [6.07, 6.45) is -0.473. The Kier molecular flexibility index (Phi) is 7.53. The number of ether oxygens (including phenoxy) is 3. The molecule has 0 saturated carbocycles. The third kappa shape index (κ3) is 8.57. The Morgan fingerprint density at radius 2 is 1.81 bits per heavy atom. The highest BCUT2D eigenvalue weighted by Crippen LogP contribution is 2.17. The van der Waals surface area contributed by atoms with Gasteiger partial charge >= 0.3 is 6.09 Å². The fourth-order valence-electron chi connectivity index (χ4n) is 1.43. The Hall–Kier alpha value is -1.27. The largest absolute Gasteiger partial charge is 0.491 e. The van der Waals surface area contributed by atoms with Crippen LogP contribution in [0, 0.1) is 0 Å². The van der Waals surface area contributed by atoms with Gasteiger partial charge in [0.2, 0.25) is 0 Å². The molecule has 1 aromatic rings. The first-order valence-electron chi connectivity index (χ1n) is 6.77. The zero-order valence-electron chi connectivity index (χ0n) is 12.6. The normalized spacial score (nSPS) is 11.0. The second kappa shape index (κ2) is 8.89. The standard InChI is InChI=1S/C15H22BrNO4/c1-15(2,3)21-14(18)17-12-4-6-13(7-5-12)20-11-10-19-9-8-16/h4-7H,8-11H2,1-3H3,(H,17,18). The van der Waals surface area contributed by atoms with E-state index < -0.39 is 11.7 Å². The van der Waals surface area contributed by atoms with Crippen LogP contribution in [0.3, 0.4) is 0 Å². The lowest BCUT2D eigenvalue weighted by molar-refractivity contribution is 0.0636. The second-order valence-electron chi connectivity index (χ2n) is 5.30. The molecule has 0 aliphatic heterocycles. The molecule has 6 heteroatoms. The Morgan fingerprint density at radius 1 is 1.14 bits per heavy atom. The minimum atomic E-state index is -0.512. The van der Waals surface area contributed by atoms with Gasteiger partial charge in [0.15, 0.2) is 0 Å². The van der Waals surface area contributed by atoms with Crippen molar-refractivity contribution in [2.24, 2.45) is 0 Å². The van der Waals surface area contributed by atoms with E-state index >= 15 is 0 Å². The van der Waals surface area contributed by atoms with Crippen LogP contribution < -0.4 is 10.1 Å². The number of carbonyl (C=O) groups is 1. The summed E-state index contributed by atoms with van der Waals surface area (Å²) >= 11 is 3.28. The molecule has 0 saturated heterocycles. The third-order valence-electron chi connectivity index (χ3n) is 2.22. The summed E-state index contributed by atoms with van der Waals surface area (Å²) in [5.41, 5.74) is 0.148. The van der Waals surface area contributed by atoms with E-state index in [1.807, 2.05) is 20.8 Å². The molecule has 0 atom stereocenters. The maximum Gasteiger partial charge on any atom is 0.412 e. The Morgan fingerprint density at radius 3 is 2.38 bits per heavy atom. The van der Waals surface area contributed by atoms with Gasteiger partial charge in [0.1, 0.15) is 18.0 Å². The first-order chi connectivity index (χ1) is 9.90. The van der Waals surface area contributed by atoms with Crippen LogP contribution in [0.25, 0.3) is 0 Å². The number of alkyl halides is 1. The van der Waals surface area contributed by atoms with Crippen LogP contribution in [0.5, 0.6) is 5.75 Å². The fourth-order valence-corrected chi connectivity index (χ4v) is 1.66. The molecule has 0 aliphatic rings. The van der Waals surface area contributed by atoms with Crippen LogP contribution in [-0.2, 0) is 9.47 Å². The first-order valence-corrected chi connectivity index (χ1v) is 7.89. The Labute approximate surface area is 134 Å². The van der Waals surface area contributed by atoms with Gasteiger partial charge in [-0.15, -0.1) is 0 Å². The molecular formula is C15H22BrNO4. The molecule has 1 amide bonds. The predicted molar refractivity (Wildman–Crippen MR) is 86.4 cm³/mol. The summed E-state index contributed by atoms with van der Waals surface area (Å²) in [6, 6.07) is 7.10. The van der Waals surface area contributed by atoms with E-state index in [0.717, 1.165) is 11.1 Å². The SMILES string of the molecule is CC(C)(C)OC(=O)Nc1ccc(OCCOCCBr)cc1. The summed E-state index contributed by atoms with van der Waals surface area (Å²) < 4.78 is 16.0. The number of carbonyl (C=O) groups excluding carboxylic acids is 1. The van der Waals surface area contributed by atoms with Crippen molar-refractivity contribution in [3.8, 4) is 5.75 Å². The quantitative estimate of drug-likeness (QED) is 0.593. The summed E-state index contributed by atoms with van der Waals surface area (Å²) in [6.45, 7) is 7.17. The van der Waals surface area contributed by atoms with Crippen molar-refractivity contribution >= 4 is 27.7 Å². The average Bonchev–Trinajstić information content (AvgIpc) is 2.38. The van der Waals surface area contributed by atoms with E-state index in [4.69, 9.17) is 14.2 Å². The predicted octanol–water partition coefficient (Wildman–Crippen LogP) is 3.82. The van der Waals surface area contributed by atoms with Gasteiger partial charge in [0, 0.05) is 11.0 Å². The maximum absolute atomic E-state index is 11.6. The van der Waals surface area contributed by atoms with Crippen LogP contribution in [-0.4, -0.2) is 36.8 Å². The van der Waals surface area contributed by atoms with E-state index in [1.165, 1.54) is 0 Å². The summed E-state index contributed by atoms with van der Waals surface area (Å²) in [4.78, 5) is 11.6. The van der Waals surface area contributed by atoms with E-state index in [9.17, 15) is 4.79 Å². The van der Waals surface area contributed by atoms with Crippen molar-refractivity contribution in [2.45, 2.75) is 26.4 Å². The fraction of sp³-hybridized carbons (Fsp3) is 0.533. The highest BCUT2D eigenvalue weighted by atomic mass is 79.9. The van der Waals surface area contributed by atoms with Gasteiger partial charge in [-0.1, -0.05) is 15.9 Å². The van der Waals surface area contributed by atoms with Crippen molar-refractivity contribution in [3.63, 3.8) is 0 Å². The van der Waals surface area contributed by atoms with Crippen LogP contribution in [0.15, 0.2) is 24.3 Å². The van der Waals surface area contributed by atoms with Crippen molar-refractivity contribution in [2.75, 3.05) is 30.5 Å². The Balaban J connectivity index is 2.35. The highest BCUT2D eigenvalue weighted by molar-refractivity contribution is 9.09. The molecule has 0 aromatic heterocycles. The lowest BCUT2D eigenvalue weighted by atomic mass is 10.2. The molecule has 118 valence electrons. The molecule has 0 bridgehead atoms. The van der Waals surface area contributed by atoms with Gasteiger partial charge in [-0.2, -0.15) is 0 Å². The van der Waals surface area contributed by atoms with E-state index in [-0.39, 0.29) is 0 Å². The number of hydrogen-bond acceptors (Lipinski definition) is 4. The number of anilines is 1. The monoisotopic (exact) mass is 359 g/mol. The number of rotatable bonds is 7. The molecule has 0 fully saturated rings. The lowest BCUT2D eigenvalue weighted by Gasteiger charge is -2.19. The van der Waals surface area contributed by atoms with Crippen molar-refractivity contribution in [1.82, 2.24) is 0 Å². The second-order valence-corrected chi connectivity index (χ2v) is 6.09. The molecule has 0 spiro atoms. The average molecular weight is 360 g/mol. The molecular weight excluding hydrogens is 338 g/mol. The number of nitrogens with one attached hydrogen (secondary N) is 1. The van der Waals surface area contributed by atoms with Gasteiger partial charge in [0.05, 0.1) is 13.2 Å². The van der Waals surface area contributed by atoms with Crippen molar-refractivity contribution in [3.05, 3.63) is 24.3 Å². The van der Waals surface area contributed by atoms with Gasteiger partial charge in [-0.05, 0) is 45.0 Å². The van der Waals surface area contributed by atoms with E-state index in [1.54, 1.807) is 24.3 Å². The topological polar surface area (TPSA) is 56.8 Å². The smallest absolute Gasteiger partial charge is 0.412 e. The molecule has 1 rings (SSSR count). The summed E-state index contributed by atoms with van der Waals surface area (Å²) in [7, 11) is 0. The van der Waals surface area contributed by atoms with E-state index in [2.05, 4.69) is 21.2 Å². The molecule has 0 unspecified atom stereocenters. The molecule has 0 heterocycles. The van der Waals surface area contributed by atoms with Crippen LogP contribution in [0.2, 0.25) is 0 Å². The maximum atomic E-state index is 11.6. The molecule has 0 radical (unpaired) electrons. The molecule has 5 nitrogen and oxygen atoms in total. The zero-order chi connectivity index (χ0) is 15.7. The molecule has 0 aliphatic carbocycles. The number of amides is 1. The number of halogens is 1. The Bertz CT molecular complexity index is 428. The zero-order valence-corrected chi connectivity index (χ0v) is 14.2. The van der Waals surface area contributed by atoms with E-state index in [0.29, 0.717) is 25.5 Å². The molecule has 21 heavy (non-hydrogen) atoms. The highest BCUT2D eigenvalue weighted by Gasteiger charge is 2.16. The first kappa shape index (κ1) is 17.8. The minimum absolute atomic E-state index is 0.473. The number of hydrogen-bond donors (Lipinski definition) is 1. The van der Waals surface area contributed by atoms with Crippen molar-refractivity contribution < 1.29 is 19.0 Å². The van der Waals surface area contributed by atoms with Crippen LogP contribution in [0.4, 0.5) is 10.5 Å². The third-order valence-corrected chi connectivity index (χ3v) is 2.54. The lowest BCUT2D eigenvalue weighted by Crippen LogP contribution is -2.27. The number of benzene rings is 1. The minimum Gasteiger partial charge on any atom is -0.491 e. The molecule has 1 N–H and O–H groups in total. The summed E-state index contributed by atoms with van der Waals surface area (Å²) in [5.74, 6) is 0.729. The van der Waals surface area contributed by atoms with Crippen LogP contribution in [0.1, 0.15) is 20.8 Å². The van der Waals surface area contributed by atoms with Gasteiger partial charge < -0.3 is 14.2 Å². The van der Waals surface area contributed by atoms with Crippen LogP contribution >= 0.6 is 15.9 Å². The summed E-state index contributed by atoms with van der Waals surface area (Å²) in [5, 5.41) is 3.48. The molecule has 1 aromatic carbocycles. The van der Waals surface area contributed by atoms with Gasteiger partial charge in [-0.25, -0.2) is 4.79 Å². The van der Waals surface area contributed by atoms with Crippen molar-refractivity contribution in [1.29, 1.82) is 0 Å². The van der Waals surface area contributed by atoms with Gasteiger partial charge in [-0.3, -0.25) is 5.32 Å².